The third-order valence-corrected chi connectivity index (χ3v) is 3.37. The van der Waals surface area contributed by atoms with E-state index in [1.54, 1.807) is 23.9 Å². The van der Waals surface area contributed by atoms with Crippen molar-refractivity contribution in [3.63, 3.8) is 0 Å². The minimum Gasteiger partial charge on any atom is -0.359 e. The predicted molar refractivity (Wildman–Crippen MR) is 68.3 cm³/mol. The number of hydrogen-bond donors (Lipinski definition) is 0. The molecule has 2 rings (SSSR count). The minimum absolute atomic E-state index is 0.0698. The van der Waals surface area contributed by atoms with Crippen molar-refractivity contribution >= 4 is 11.7 Å². The lowest BCUT2D eigenvalue weighted by Crippen LogP contribution is -2.28. The number of carbonyl (C=O) groups is 1. The molecule has 0 saturated carbocycles. The molecule has 1 atom stereocenters. The van der Waals surface area contributed by atoms with Gasteiger partial charge >= 0.3 is 6.18 Å². The van der Waals surface area contributed by atoms with Crippen molar-refractivity contribution in [1.29, 1.82) is 0 Å². The van der Waals surface area contributed by atoms with Crippen LogP contribution >= 0.6 is 0 Å². The van der Waals surface area contributed by atoms with Crippen molar-refractivity contribution in [1.82, 2.24) is 9.88 Å². The maximum absolute atomic E-state index is 12.6. The van der Waals surface area contributed by atoms with Crippen LogP contribution < -0.4 is 4.90 Å². The van der Waals surface area contributed by atoms with E-state index < -0.39 is 11.9 Å². The van der Waals surface area contributed by atoms with Crippen LogP contribution in [0, 0.1) is 5.92 Å². The monoisotopic (exact) mass is 287 g/mol. The largest absolute Gasteiger partial charge is 0.433 e. The van der Waals surface area contributed by atoms with E-state index in [0.29, 0.717) is 19.5 Å². The first-order valence-electron chi connectivity index (χ1n) is 6.26. The molecular weight excluding hydrogens is 271 g/mol. The number of alkyl halides is 3. The number of anilines is 1. The SMILES string of the molecule is CN1C[C@@H](CN(C)c2cccc(C(F)(F)F)n2)CC1=O. The van der Waals surface area contributed by atoms with E-state index in [2.05, 4.69) is 4.98 Å². The van der Waals surface area contributed by atoms with Gasteiger partial charge in [-0.15, -0.1) is 0 Å². The van der Waals surface area contributed by atoms with Crippen molar-refractivity contribution in [2.75, 3.05) is 32.1 Å². The lowest BCUT2D eigenvalue weighted by molar-refractivity contribution is -0.141. The zero-order valence-electron chi connectivity index (χ0n) is 11.3. The average molecular weight is 287 g/mol. The van der Waals surface area contributed by atoms with Gasteiger partial charge in [0.2, 0.25) is 5.91 Å². The summed E-state index contributed by atoms with van der Waals surface area (Å²) in [6, 6.07) is 3.83. The van der Waals surface area contributed by atoms with Gasteiger partial charge in [0.15, 0.2) is 0 Å². The zero-order valence-corrected chi connectivity index (χ0v) is 11.3. The van der Waals surface area contributed by atoms with Crippen LogP contribution in [-0.2, 0) is 11.0 Å². The summed E-state index contributed by atoms with van der Waals surface area (Å²) >= 11 is 0. The number of rotatable bonds is 3. The van der Waals surface area contributed by atoms with Crippen molar-refractivity contribution < 1.29 is 18.0 Å². The van der Waals surface area contributed by atoms with Gasteiger partial charge in [0.25, 0.3) is 0 Å². The molecule has 1 aromatic rings. The second-order valence-electron chi connectivity index (χ2n) is 5.10. The lowest BCUT2D eigenvalue weighted by atomic mass is 10.1. The third-order valence-electron chi connectivity index (χ3n) is 3.37. The number of aromatic nitrogens is 1. The van der Waals surface area contributed by atoms with E-state index in [4.69, 9.17) is 0 Å². The molecule has 110 valence electrons. The van der Waals surface area contributed by atoms with Crippen LogP contribution in [0.25, 0.3) is 0 Å². The molecule has 0 radical (unpaired) electrons. The van der Waals surface area contributed by atoms with Crippen LogP contribution in [0.1, 0.15) is 12.1 Å². The van der Waals surface area contributed by atoms with Crippen LogP contribution in [0.4, 0.5) is 19.0 Å². The number of halogens is 3. The van der Waals surface area contributed by atoms with Crippen LogP contribution in [0.3, 0.4) is 0 Å². The fourth-order valence-corrected chi connectivity index (χ4v) is 2.35. The Labute approximate surface area is 115 Å². The summed E-state index contributed by atoms with van der Waals surface area (Å²) in [5.41, 5.74) is -0.901. The molecule has 1 amide bonds. The summed E-state index contributed by atoms with van der Waals surface area (Å²) in [7, 11) is 3.41. The molecule has 0 aromatic carbocycles. The first kappa shape index (κ1) is 14.6. The molecular formula is C13H16F3N3O. The van der Waals surface area contributed by atoms with Crippen molar-refractivity contribution in [2.45, 2.75) is 12.6 Å². The summed E-state index contributed by atoms with van der Waals surface area (Å²) in [6.07, 6.45) is -4.01. The van der Waals surface area contributed by atoms with E-state index >= 15 is 0 Å². The Balaban J connectivity index is 2.06. The highest BCUT2D eigenvalue weighted by Crippen LogP contribution is 2.29. The fraction of sp³-hybridized carbons (Fsp3) is 0.538. The molecule has 1 saturated heterocycles. The van der Waals surface area contributed by atoms with Crippen LogP contribution in [-0.4, -0.2) is 43.0 Å². The minimum atomic E-state index is -4.44. The molecule has 20 heavy (non-hydrogen) atoms. The smallest absolute Gasteiger partial charge is 0.359 e. The summed E-state index contributed by atoms with van der Waals surface area (Å²) in [5, 5.41) is 0. The molecule has 7 heteroatoms. The van der Waals surface area contributed by atoms with Crippen LogP contribution in [0.2, 0.25) is 0 Å². The van der Waals surface area contributed by atoms with Crippen LogP contribution in [0.5, 0.6) is 0 Å². The van der Waals surface area contributed by atoms with E-state index in [-0.39, 0.29) is 17.6 Å². The number of nitrogens with zero attached hydrogens (tertiary/aromatic N) is 3. The van der Waals surface area contributed by atoms with Gasteiger partial charge in [0.1, 0.15) is 11.5 Å². The fourth-order valence-electron chi connectivity index (χ4n) is 2.35. The Morgan fingerprint density at radius 3 is 2.70 bits per heavy atom. The summed E-state index contributed by atoms with van der Waals surface area (Å²) in [4.78, 5) is 18.4. The van der Waals surface area contributed by atoms with Crippen LogP contribution in [0.15, 0.2) is 18.2 Å². The average Bonchev–Trinajstić information content (AvgIpc) is 2.67. The maximum Gasteiger partial charge on any atom is 0.433 e. The summed E-state index contributed by atoms with van der Waals surface area (Å²) in [6.45, 7) is 1.13. The molecule has 2 heterocycles. The van der Waals surface area contributed by atoms with Gasteiger partial charge in [-0.05, 0) is 12.1 Å². The third kappa shape index (κ3) is 3.20. The van der Waals surface area contributed by atoms with Gasteiger partial charge in [-0.3, -0.25) is 4.79 Å². The summed E-state index contributed by atoms with van der Waals surface area (Å²) < 4.78 is 37.8. The topological polar surface area (TPSA) is 36.4 Å². The second kappa shape index (κ2) is 5.30. The van der Waals surface area contributed by atoms with Crippen molar-refractivity contribution in [3.8, 4) is 0 Å². The Morgan fingerprint density at radius 2 is 2.15 bits per heavy atom. The molecule has 1 aliphatic heterocycles. The van der Waals surface area contributed by atoms with Gasteiger partial charge in [0, 0.05) is 39.5 Å². The first-order valence-corrected chi connectivity index (χ1v) is 6.26. The molecule has 0 aliphatic carbocycles. The lowest BCUT2D eigenvalue weighted by Gasteiger charge is -2.22. The number of pyridine rings is 1. The number of carbonyl (C=O) groups excluding carboxylic acids is 1. The second-order valence-corrected chi connectivity index (χ2v) is 5.10. The molecule has 4 nitrogen and oxygen atoms in total. The van der Waals surface area contributed by atoms with Crippen molar-refractivity contribution in [2.24, 2.45) is 5.92 Å². The van der Waals surface area contributed by atoms with E-state index in [0.717, 1.165) is 6.07 Å². The van der Waals surface area contributed by atoms with Gasteiger partial charge in [-0.25, -0.2) is 4.98 Å². The van der Waals surface area contributed by atoms with Crippen molar-refractivity contribution in [3.05, 3.63) is 23.9 Å². The quantitative estimate of drug-likeness (QED) is 0.853. The normalized spacial score (nSPS) is 19.6. The molecule has 1 aliphatic rings. The Hall–Kier alpha value is -1.79. The molecule has 0 bridgehead atoms. The molecule has 0 N–H and O–H groups in total. The van der Waals surface area contributed by atoms with E-state index in [9.17, 15) is 18.0 Å². The predicted octanol–water partition coefficient (Wildman–Crippen LogP) is 2.01. The van der Waals surface area contributed by atoms with Gasteiger partial charge in [-0.1, -0.05) is 6.07 Å². The number of likely N-dealkylation sites (tertiary alicyclic amines) is 1. The molecule has 1 aromatic heterocycles. The molecule has 1 fully saturated rings. The Bertz CT molecular complexity index is 504. The molecule has 0 unspecified atom stereocenters. The first-order chi connectivity index (χ1) is 9.27. The van der Waals surface area contributed by atoms with E-state index in [1.807, 2.05) is 0 Å². The highest BCUT2D eigenvalue weighted by atomic mass is 19.4. The van der Waals surface area contributed by atoms with Gasteiger partial charge < -0.3 is 9.80 Å². The highest BCUT2D eigenvalue weighted by Gasteiger charge is 2.33. The van der Waals surface area contributed by atoms with Gasteiger partial charge in [0.05, 0.1) is 0 Å². The molecule has 0 spiro atoms. The highest BCUT2D eigenvalue weighted by molar-refractivity contribution is 5.78. The Morgan fingerprint density at radius 1 is 1.45 bits per heavy atom. The van der Waals surface area contributed by atoms with Gasteiger partial charge in [-0.2, -0.15) is 13.2 Å². The maximum atomic E-state index is 12.6. The Kier molecular flexibility index (Phi) is 3.87. The summed E-state index contributed by atoms with van der Waals surface area (Å²) in [5.74, 6) is 0.455. The van der Waals surface area contributed by atoms with E-state index in [1.165, 1.54) is 12.1 Å². The number of hydrogen-bond acceptors (Lipinski definition) is 3. The zero-order chi connectivity index (χ0) is 14.9. The number of amides is 1. The standard InChI is InChI=1S/C13H16F3N3O/c1-18(7-9-6-12(20)19(2)8-9)11-5-3-4-10(17-11)13(14,15)16/h3-5,9H,6-8H2,1-2H3/t9-/m1/s1.